The predicted molar refractivity (Wildman–Crippen MR) is 123 cm³/mol. The normalized spacial score (nSPS) is 19.3. The zero-order valence-electron chi connectivity index (χ0n) is 18.7. The van der Waals surface area contributed by atoms with Gasteiger partial charge in [-0.05, 0) is 45.5 Å². The summed E-state index contributed by atoms with van der Waals surface area (Å²) < 4.78 is 1.57. The Morgan fingerprint density at radius 2 is 1.97 bits per heavy atom. The maximum atomic E-state index is 13.0. The van der Waals surface area contributed by atoms with Gasteiger partial charge in [-0.1, -0.05) is 6.07 Å². The monoisotopic (exact) mass is 434 g/mol. The summed E-state index contributed by atoms with van der Waals surface area (Å²) in [5.74, 6) is 1.64. The molecule has 0 amide bonds. The minimum atomic E-state index is 0.0104. The summed E-state index contributed by atoms with van der Waals surface area (Å²) >= 11 is 0. The van der Waals surface area contributed by atoms with Crippen LogP contribution in [0, 0.1) is 0 Å². The van der Waals surface area contributed by atoms with Crippen LogP contribution >= 0.6 is 0 Å². The fraction of sp³-hybridized carbons (Fsp3) is 0.478. The number of fused-ring (bicyclic) bond motifs is 1. The summed E-state index contributed by atoms with van der Waals surface area (Å²) in [4.78, 5) is 33.4. The number of nitrogens with one attached hydrogen (secondary N) is 1. The average Bonchev–Trinajstić information content (AvgIpc) is 3.16. The molecular formula is C23H30N8O. The molecule has 2 aliphatic rings. The van der Waals surface area contributed by atoms with Crippen molar-refractivity contribution in [3.05, 3.63) is 64.1 Å². The molecule has 1 aliphatic carbocycles. The Kier molecular flexibility index (Phi) is 5.75. The lowest BCUT2D eigenvalue weighted by Crippen LogP contribution is -2.44. The van der Waals surface area contributed by atoms with Crippen molar-refractivity contribution in [3.8, 4) is 5.82 Å². The highest BCUT2D eigenvalue weighted by Gasteiger charge is 2.27. The van der Waals surface area contributed by atoms with Gasteiger partial charge in [0.05, 0.1) is 5.69 Å². The first-order valence-electron chi connectivity index (χ1n) is 11.3. The zero-order valence-corrected chi connectivity index (χ0v) is 18.7. The Morgan fingerprint density at radius 3 is 2.75 bits per heavy atom. The van der Waals surface area contributed by atoms with Gasteiger partial charge in [0.15, 0.2) is 5.82 Å². The Bertz CT molecular complexity index is 1120. The lowest BCUT2D eigenvalue weighted by Gasteiger charge is -2.33. The van der Waals surface area contributed by atoms with Crippen LogP contribution < -0.4 is 10.5 Å². The standard InChI is InChI=1S/C23H30N8O/c1-28-9-11-30(12-10-28)22-13-17(25-16-26-22)15-29(2)18-6-7-20-19(14-18)23(32)31(27-20)21-5-3-4-8-24-21/h3-5,8,13,16,18,27H,6-7,9-12,14-15H2,1-2H3. The number of H-pyrrole nitrogens is 1. The molecule has 1 atom stereocenters. The lowest BCUT2D eigenvalue weighted by molar-refractivity contribution is 0.211. The van der Waals surface area contributed by atoms with Crippen molar-refractivity contribution in [2.24, 2.45) is 0 Å². The quantitative estimate of drug-likeness (QED) is 0.643. The van der Waals surface area contributed by atoms with E-state index in [4.69, 9.17) is 0 Å². The van der Waals surface area contributed by atoms with Crippen molar-refractivity contribution in [2.75, 3.05) is 45.2 Å². The van der Waals surface area contributed by atoms with Crippen LogP contribution in [0.5, 0.6) is 0 Å². The SMILES string of the molecule is CN1CCN(c2cc(CN(C)C3CCc4[nH]n(-c5ccccn5)c(=O)c4C3)ncn2)CC1. The van der Waals surface area contributed by atoms with Crippen LogP contribution in [0.25, 0.3) is 5.82 Å². The van der Waals surface area contributed by atoms with Gasteiger partial charge in [-0.2, -0.15) is 0 Å². The highest BCUT2D eigenvalue weighted by Crippen LogP contribution is 2.23. The number of hydrogen-bond donors (Lipinski definition) is 1. The second-order valence-corrected chi connectivity index (χ2v) is 8.87. The van der Waals surface area contributed by atoms with E-state index in [2.05, 4.69) is 54.9 Å². The van der Waals surface area contributed by atoms with E-state index in [0.29, 0.717) is 11.9 Å². The van der Waals surface area contributed by atoms with Gasteiger partial charge >= 0.3 is 0 Å². The molecule has 1 unspecified atom stereocenters. The molecule has 0 aromatic carbocycles. The van der Waals surface area contributed by atoms with Gasteiger partial charge < -0.3 is 9.80 Å². The number of aryl methyl sites for hydroxylation is 1. The number of anilines is 1. The molecule has 9 heteroatoms. The first-order chi connectivity index (χ1) is 15.6. The highest BCUT2D eigenvalue weighted by molar-refractivity contribution is 5.39. The number of nitrogens with zero attached hydrogens (tertiary/aromatic N) is 7. The third-order valence-electron chi connectivity index (χ3n) is 6.69. The maximum absolute atomic E-state index is 13.0. The summed E-state index contributed by atoms with van der Waals surface area (Å²) in [6.07, 6.45) is 5.97. The third kappa shape index (κ3) is 4.18. The first kappa shape index (κ1) is 20.8. The number of aromatic amines is 1. The van der Waals surface area contributed by atoms with E-state index in [0.717, 1.165) is 74.8 Å². The number of piperazine rings is 1. The molecule has 0 saturated carbocycles. The van der Waals surface area contributed by atoms with Crippen molar-refractivity contribution in [1.82, 2.24) is 34.5 Å². The van der Waals surface area contributed by atoms with E-state index in [-0.39, 0.29) is 5.56 Å². The van der Waals surface area contributed by atoms with E-state index in [1.54, 1.807) is 17.2 Å². The summed E-state index contributed by atoms with van der Waals surface area (Å²) in [6, 6.07) is 8.00. The minimum absolute atomic E-state index is 0.0104. The van der Waals surface area contributed by atoms with Gasteiger partial charge in [-0.15, -0.1) is 0 Å². The molecule has 3 aromatic heterocycles. The van der Waals surface area contributed by atoms with Crippen molar-refractivity contribution in [3.63, 3.8) is 0 Å². The third-order valence-corrected chi connectivity index (χ3v) is 6.69. The van der Waals surface area contributed by atoms with E-state index >= 15 is 0 Å². The Hall–Kier alpha value is -3.04. The highest BCUT2D eigenvalue weighted by atomic mass is 16.1. The van der Waals surface area contributed by atoms with Gasteiger partial charge in [0.25, 0.3) is 5.56 Å². The second-order valence-electron chi connectivity index (χ2n) is 8.87. The molecular weight excluding hydrogens is 404 g/mol. The van der Waals surface area contributed by atoms with E-state index in [1.807, 2.05) is 18.2 Å². The molecule has 1 aliphatic heterocycles. The van der Waals surface area contributed by atoms with Crippen LogP contribution in [-0.2, 0) is 19.4 Å². The van der Waals surface area contributed by atoms with E-state index < -0.39 is 0 Å². The molecule has 0 bridgehead atoms. The van der Waals surface area contributed by atoms with Crippen LogP contribution in [0.15, 0.2) is 41.6 Å². The molecule has 0 spiro atoms. The van der Waals surface area contributed by atoms with Crippen LogP contribution in [-0.4, -0.2) is 80.8 Å². The van der Waals surface area contributed by atoms with Gasteiger partial charge in [0.2, 0.25) is 0 Å². The van der Waals surface area contributed by atoms with Crippen LogP contribution in [0.1, 0.15) is 23.4 Å². The summed E-state index contributed by atoms with van der Waals surface area (Å²) in [6.45, 7) is 4.82. The fourth-order valence-corrected chi connectivity index (χ4v) is 4.67. The van der Waals surface area contributed by atoms with Crippen LogP contribution in [0.4, 0.5) is 5.82 Å². The molecule has 4 heterocycles. The Labute approximate surface area is 187 Å². The van der Waals surface area contributed by atoms with E-state index in [1.165, 1.54) is 0 Å². The van der Waals surface area contributed by atoms with E-state index in [9.17, 15) is 4.79 Å². The van der Waals surface area contributed by atoms with Gasteiger partial charge in [-0.25, -0.2) is 19.6 Å². The van der Waals surface area contributed by atoms with Crippen molar-refractivity contribution >= 4 is 5.82 Å². The molecule has 5 rings (SSSR count). The molecule has 0 radical (unpaired) electrons. The smallest absolute Gasteiger partial charge is 0.276 e. The number of rotatable bonds is 5. The maximum Gasteiger partial charge on any atom is 0.276 e. The van der Waals surface area contributed by atoms with Crippen LogP contribution in [0.2, 0.25) is 0 Å². The van der Waals surface area contributed by atoms with Crippen molar-refractivity contribution in [1.29, 1.82) is 0 Å². The predicted octanol–water partition coefficient (Wildman–Crippen LogP) is 1.09. The zero-order chi connectivity index (χ0) is 22.1. The molecule has 1 N–H and O–H groups in total. The molecule has 3 aromatic rings. The van der Waals surface area contributed by atoms with Gasteiger partial charge in [0, 0.05) is 62.3 Å². The molecule has 1 fully saturated rings. The Morgan fingerprint density at radius 1 is 1.12 bits per heavy atom. The summed E-state index contributed by atoms with van der Waals surface area (Å²) in [7, 11) is 4.28. The van der Waals surface area contributed by atoms with Gasteiger partial charge in [0.1, 0.15) is 12.1 Å². The fourth-order valence-electron chi connectivity index (χ4n) is 4.67. The first-order valence-corrected chi connectivity index (χ1v) is 11.3. The number of pyridine rings is 1. The largest absolute Gasteiger partial charge is 0.354 e. The molecule has 9 nitrogen and oxygen atoms in total. The number of aromatic nitrogens is 5. The molecule has 1 saturated heterocycles. The van der Waals surface area contributed by atoms with Crippen molar-refractivity contribution < 1.29 is 0 Å². The Balaban J connectivity index is 1.28. The average molecular weight is 435 g/mol. The minimum Gasteiger partial charge on any atom is -0.354 e. The summed E-state index contributed by atoms with van der Waals surface area (Å²) in [5.41, 5.74) is 2.93. The topological polar surface area (TPSA) is 86.2 Å². The summed E-state index contributed by atoms with van der Waals surface area (Å²) in [5, 5.41) is 3.27. The molecule has 32 heavy (non-hydrogen) atoms. The number of likely N-dealkylation sites (N-methyl/N-ethyl adjacent to an activating group) is 2. The number of hydrogen-bond acceptors (Lipinski definition) is 7. The lowest BCUT2D eigenvalue weighted by atomic mass is 9.92. The van der Waals surface area contributed by atoms with Crippen LogP contribution in [0.3, 0.4) is 0 Å². The van der Waals surface area contributed by atoms with Crippen molar-refractivity contribution in [2.45, 2.75) is 31.8 Å². The second kappa shape index (κ2) is 8.84. The molecule has 168 valence electrons. The van der Waals surface area contributed by atoms with Gasteiger partial charge in [-0.3, -0.25) is 14.8 Å².